The molecule has 0 atom stereocenters. The zero-order valence-corrected chi connectivity index (χ0v) is 11.3. The van der Waals surface area contributed by atoms with E-state index in [9.17, 15) is 4.79 Å². The molecule has 1 aromatic carbocycles. The number of phenols is 1. The smallest absolute Gasteiger partial charge is 0.0934 e. The maximum Gasteiger partial charge on any atom is 0.0934 e. The molecule has 85 valence electrons. The van der Waals surface area contributed by atoms with E-state index < -0.39 is 0 Å². The zero-order valence-electron chi connectivity index (χ0n) is 8.47. The summed E-state index contributed by atoms with van der Waals surface area (Å²) in [5.41, 5.74) is 1.65. The molecule has 3 heteroatoms. The molecule has 0 saturated heterocycles. The first-order valence-corrected chi connectivity index (χ1v) is 4.48. The summed E-state index contributed by atoms with van der Waals surface area (Å²) in [6.07, 6.45) is 9.26. The molecule has 17 heavy (non-hydrogen) atoms. The van der Waals surface area contributed by atoms with Crippen molar-refractivity contribution < 1.29 is 42.6 Å². The van der Waals surface area contributed by atoms with Crippen LogP contribution in [0.25, 0.3) is 6.08 Å². The van der Waals surface area contributed by atoms with E-state index >= 15 is 0 Å². The molecule has 1 aliphatic rings. The Morgan fingerprint density at radius 2 is 2.00 bits per heavy atom. The Balaban J connectivity index is 0.00000128. The molecule has 1 N–H and O–H groups in total. The third-order valence-electron chi connectivity index (χ3n) is 1.94. The number of allylic oxidation sites excluding steroid dienone is 5. The van der Waals surface area contributed by atoms with Crippen LogP contribution < -0.4 is 0 Å². The fourth-order valence-corrected chi connectivity index (χ4v) is 1.20. The third kappa shape index (κ3) is 4.80. The first-order valence-electron chi connectivity index (χ1n) is 4.48. The van der Waals surface area contributed by atoms with Crippen LogP contribution in [0.15, 0.2) is 42.0 Å². The van der Waals surface area contributed by atoms with Gasteiger partial charge in [0.05, 0.1) is 5.78 Å². The Morgan fingerprint density at radius 3 is 2.53 bits per heavy atom. The number of benzene rings is 1. The Kier molecular flexibility index (Phi) is 6.93. The first-order chi connectivity index (χ1) is 7.24. The van der Waals surface area contributed by atoms with Crippen LogP contribution >= 0.6 is 0 Å². The van der Waals surface area contributed by atoms with Crippen LogP contribution in [-0.2, 0) is 37.5 Å². The standard InChI is InChI=1S/C13H8O2.CH4.Y/c14-12-5-1-10(2-6-12)9-11-3-7-13(15)8-4-11;;/h1,3,5-9,14H;1H4;/q-2;;. The molecule has 1 aromatic rings. The topological polar surface area (TPSA) is 37.3 Å². The second-order valence-electron chi connectivity index (χ2n) is 3.13. The van der Waals surface area contributed by atoms with Crippen molar-refractivity contribution in [1.82, 2.24) is 0 Å². The van der Waals surface area contributed by atoms with Gasteiger partial charge < -0.3 is 9.90 Å². The van der Waals surface area contributed by atoms with Crippen LogP contribution in [0, 0.1) is 12.1 Å². The minimum Gasteiger partial charge on any atom is -0.551 e. The Bertz CT molecular complexity index is 450. The van der Waals surface area contributed by atoms with Crippen LogP contribution in [0.1, 0.15) is 13.0 Å². The third-order valence-corrected chi connectivity index (χ3v) is 1.94. The summed E-state index contributed by atoms with van der Waals surface area (Å²) >= 11 is 0. The van der Waals surface area contributed by atoms with Crippen molar-refractivity contribution in [3.8, 4) is 5.75 Å². The van der Waals surface area contributed by atoms with Crippen LogP contribution in [-0.4, -0.2) is 10.9 Å². The minimum atomic E-state index is -0.0539. The van der Waals surface area contributed by atoms with Crippen molar-refractivity contribution >= 4 is 11.9 Å². The van der Waals surface area contributed by atoms with Gasteiger partial charge in [0.15, 0.2) is 0 Å². The van der Waals surface area contributed by atoms with Crippen LogP contribution in [0.4, 0.5) is 0 Å². The van der Waals surface area contributed by atoms with Crippen molar-refractivity contribution in [2.24, 2.45) is 0 Å². The molecular formula is C14H12O2Y-2. The molecule has 0 unspecified atom stereocenters. The van der Waals surface area contributed by atoms with E-state index in [-0.39, 0.29) is 51.7 Å². The van der Waals surface area contributed by atoms with E-state index in [0.717, 1.165) is 11.1 Å². The molecule has 0 spiro atoms. The van der Waals surface area contributed by atoms with E-state index in [0.29, 0.717) is 0 Å². The van der Waals surface area contributed by atoms with Gasteiger partial charge in [0, 0.05) is 38.5 Å². The van der Waals surface area contributed by atoms with Gasteiger partial charge >= 0.3 is 0 Å². The zero-order chi connectivity index (χ0) is 10.7. The minimum absolute atomic E-state index is 0. The molecular weight excluding hydrogens is 289 g/mol. The predicted octanol–water partition coefficient (Wildman–Crippen LogP) is 2.71. The van der Waals surface area contributed by atoms with E-state index in [2.05, 4.69) is 12.1 Å². The van der Waals surface area contributed by atoms with E-state index in [4.69, 9.17) is 5.11 Å². The van der Waals surface area contributed by atoms with Gasteiger partial charge in [0.25, 0.3) is 0 Å². The SMILES string of the molecule is C.O=C1C=[C-]C(=Cc2[c-]cc(O)cc2)C=C1.[Y]. The second-order valence-corrected chi connectivity index (χ2v) is 3.13. The first kappa shape index (κ1) is 16.0. The predicted molar refractivity (Wildman–Crippen MR) is 63.6 cm³/mol. The van der Waals surface area contributed by atoms with Gasteiger partial charge in [-0.2, -0.15) is 11.1 Å². The molecule has 0 bridgehead atoms. The quantitative estimate of drug-likeness (QED) is 0.810. The van der Waals surface area contributed by atoms with Gasteiger partial charge in [-0.25, -0.2) is 0 Å². The van der Waals surface area contributed by atoms with Crippen molar-refractivity contribution in [2.75, 3.05) is 0 Å². The Labute approximate surface area is 127 Å². The fraction of sp³-hybridized carbons (Fsp3) is 0.0714. The molecule has 1 radical (unpaired) electrons. The van der Waals surface area contributed by atoms with E-state index in [1.165, 1.54) is 18.2 Å². The molecule has 2 nitrogen and oxygen atoms in total. The number of carbonyl (C=O) groups is 1. The normalized spacial score (nSPS) is 15.3. The number of hydrogen-bond acceptors (Lipinski definition) is 2. The number of carbonyl (C=O) groups excluding carboxylic acids is 1. The number of phenolic OH excluding ortho intramolecular Hbond substituents is 1. The summed E-state index contributed by atoms with van der Waals surface area (Å²) in [6, 6.07) is 7.72. The fourth-order valence-electron chi connectivity index (χ4n) is 1.20. The average molecular weight is 301 g/mol. The molecule has 0 fully saturated rings. The monoisotopic (exact) mass is 301 g/mol. The van der Waals surface area contributed by atoms with Gasteiger partial charge in [0.1, 0.15) is 0 Å². The van der Waals surface area contributed by atoms with Gasteiger partial charge in [-0.1, -0.05) is 13.5 Å². The summed E-state index contributed by atoms with van der Waals surface area (Å²) in [7, 11) is 0. The summed E-state index contributed by atoms with van der Waals surface area (Å²) in [5, 5.41) is 9.06. The summed E-state index contributed by atoms with van der Waals surface area (Å²) in [4.78, 5) is 10.8. The van der Waals surface area contributed by atoms with Gasteiger partial charge in [-0.3, -0.25) is 0 Å². The molecule has 0 aliphatic heterocycles. The summed E-state index contributed by atoms with van der Waals surface area (Å²) in [5.74, 6) is 0.132. The molecule has 2 rings (SSSR count). The van der Waals surface area contributed by atoms with Crippen LogP contribution in [0.5, 0.6) is 5.75 Å². The Hall–Kier alpha value is -0.986. The maximum absolute atomic E-state index is 10.8. The number of hydrogen-bond donors (Lipinski definition) is 1. The van der Waals surface area contributed by atoms with Crippen LogP contribution in [0.3, 0.4) is 0 Å². The molecule has 0 amide bonds. The van der Waals surface area contributed by atoms with Gasteiger partial charge in [-0.05, 0) is 0 Å². The van der Waals surface area contributed by atoms with Crippen molar-refractivity contribution in [3.05, 3.63) is 59.7 Å². The van der Waals surface area contributed by atoms with Crippen molar-refractivity contribution in [1.29, 1.82) is 0 Å². The van der Waals surface area contributed by atoms with Crippen molar-refractivity contribution in [3.63, 3.8) is 0 Å². The average Bonchev–Trinajstić information content (AvgIpc) is 2.25. The molecule has 1 aliphatic carbocycles. The van der Waals surface area contributed by atoms with Crippen LogP contribution in [0.2, 0.25) is 0 Å². The van der Waals surface area contributed by atoms with Crippen molar-refractivity contribution in [2.45, 2.75) is 7.43 Å². The molecule has 0 heterocycles. The Morgan fingerprint density at radius 1 is 1.24 bits per heavy atom. The molecule has 0 aromatic heterocycles. The maximum atomic E-state index is 10.8. The van der Waals surface area contributed by atoms with E-state index in [1.807, 2.05) is 6.08 Å². The second kappa shape index (κ2) is 7.36. The summed E-state index contributed by atoms with van der Waals surface area (Å²) < 4.78 is 0. The largest absolute Gasteiger partial charge is 0.551 e. The van der Waals surface area contributed by atoms with E-state index in [1.54, 1.807) is 18.2 Å². The number of aromatic hydroxyl groups is 1. The number of rotatable bonds is 1. The van der Waals surface area contributed by atoms with Gasteiger partial charge in [-0.15, -0.1) is 48.6 Å². The van der Waals surface area contributed by atoms with Gasteiger partial charge in [0.2, 0.25) is 0 Å². The number of ketones is 1. The summed E-state index contributed by atoms with van der Waals surface area (Å²) in [6.45, 7) is 0. The molecule has 0 saturated carbocycles.